The Morgan fingerprint density at radius 1 is 1.26 bits per heavy atom. The average molecular weight is 273 g/mol. The van der Waals surface area contributed by atoms with Gasteiger partial charge in [-0.3, -0.25) is 0 Å². The largest absolute Gasteiger partial charge is 0.353 e. The van der Waals surface area contributed by atoms with Gasteiger partial charge in [-0.05, 0) is 36.9 Å². The van der Waals surface area contributed by atoms with E-state index in [-0.39, 0.29) is 0 Å². The van der Waals surface area contributed by atoms with Gasteiger partial charge in [-0.25, -0.2) is 9.97 Å². The molecule has 1 aliphatic rings. The molecule has 4 nitrogen and oxygen atoms in total. The van der Waals surface area contributed by atoms with Gasteiger partial charge in [0.05, 0.1) is 5.52 Å². The summed E-state index contributed by atoms with van der Waals surface area (Å²) in [5.74, 6) is 0.705. The molecule has 1 atom stereocenters. The number of alkyl halides is 1. The first-order chi connectivity index (χ1) is 9.19. The summed E-state index contributed by atoms with van der Waals surface area (Å²) in [5, 5.41) is 6.42. The van der Waals surface area contributed by atoms with Gasteiger partial charge in [0.25, 0.3) is 0 Å². The summed E-state index contributed by atoms with van der Waals surface area (Å²) < 4.78 is 0. The smallest absolute Gasteiger partial charge is 0.209 e. The van der Waals surface area contributed by atoms with E-state index in [9.17, 15) is 0 Å². The molecule has 3 rings (SSSR count). The van der Waals surface area contributed by atoms with Gasteiger partial charge in [-0.2, -0.15) is 0 Å². The van der Waals surface area contributed by atoms with E-state index < -0.39 is 5.12 Å². The maximum Gasteiger partial charge on any atom is 0.209 e. The van der Waals surface area contributed by atoms with Crippen LogP contribution in [-0.2, 0) is 0 Å². The number of para-hydroxylation sites is 1. The number of allylic oxidation sites excluding steroid dienone is 2. The Morgan fingerprint density at radius 3 is 2.95 bits per heavy atom. The summed E-state index contributed by atoms with van der Waals surface area (Å²) in [4.78, 5) is 8.52. The van der Waals surface area contributed by atoms with E-state index >= 15 is 0 Å². The molecule has 0 saturated heterocycles. The number of nitrogens with one attached hydrogen (secondary N) is 2. The molecular weight excluding hydrogens is 260 g/mol. The molecule has 2 N–H and O–H groups in total. The zero-order chi connectivity index (χ0) is 13.3. The predicted octanol–water partition coefficient (Wildman–Crippen LogP) is 3.00. The number of dihydropyridines is 1. The third-order valence-electron chi connectivity index (χ3n) is 3.10. The van der Waals surface area contributed by atoms with Crippen molar-refractivity contribution in [2.45, 2.75) is 12.0 Å². The van der Waals surface area contributed by atoms with Crippen LogP contribution in [0.3, 0.4) is 0 Å². The molecule has 1 aromatic heterocycles. The molecule has 19 heavy (non-hydrogen) atoms. The second-order valence-electron chi connectivity index (χ2n) is 4.38. The molecule has 96 valence electrons. The lowest BCUT2D eigenvalue weighted by Crippen LogP contribution is -2.46. The predicted molar refractivity (Wildman–Crippen MR) is 77.8 cm³/mol. The Hall–Kier alpha value is -2.07. The summed E-state index contributed by atoms with van der Waals surface area (Å²) in [6.07, 6.45) is 7.20. The van der Waals surface area contributed by atoms with Crippen LogP contribution in [0.4, 0.5) is 5.82 Å². The Morgan fingerprint density at radius 2 is 2.11 bits per heavy atom. The van der Waals surface area contributed by atoms with Crippen LogP contribution in [0.1, 0.15) is 6.92 Å². The monoisotopic (exact) mass is 272 g/mol. The Balaban J connectivity index is 2.02. The van der Waals surface area contributed by atoms with Crippen molar-refractivity contribution in [3.05, 3.63) is 54.5 Å². The van der Waals surface area contributed by atoms with Crippen molar-refractivity contribution in [2.75, 3.05) is 5.32 Å². The van der Waals surface area contributed by atoms with E-state index in [2.05, 4.69) is 20.6 Å². The molecule has 2 aromatic rings. The Labute approximate surface area is 116 Å². The Kier molecular flexibility index (Phi) is 2.87. The molecule has 2 heterocycles. The first kappa shape index (κ1) is 12.0. The molecular formula is C14H13ClN4. The van der Waals surface area contributed by atoms with Crippen molar-refractivity contribution in [1.82, 2.24) is 15.3 Å². The lowest BCUT2D eigenvalue weighted by atomic mass is 10.1. The highest BCUT2D eigenvalue weighted by molar-refractivity contribution is 6.27. The standard InChI is InChI=1S/C14H13ClN4/c1-10-5-4-8-18-14(10,15)19-13-11-6-2-3-7-12(11)16-9-17-13/h2-9,18H,1H3,(H,16,17,19). The number of anilines is 1. The molecule has 0 amide bonds. The van der Waals surface area contributed by atoms with Crippen molar-refractivity contribution in [3.63, 3.8) is 0 Å². The van der Waals surface area contributed by atoms with Crippen LogP contribution in [0.15, 0.2) is 54.5 Å². The molecule has 0 spiro atoms. The van der Waals surface area contributed by atoms with Gasteiger partial charge in [-0.15, -0.1) is 0 Å². The number of nitrogens with zero attached hydrogens (tertiary/aromatic N) is 2. The van der Waals surface area contributed by atoms with Crippen molar-refractivity contribution in [2.24, 2.45) is 0 Å². The molecule has 1 aromatic carbocycles. The minimum Gasteiger partial charge on any atom is -0.353 e. The highest BCUT2D eigenvalue weighted by Gasteiger charge is 2.30. The van der Waals surface area contributed by atoms with Crippen LogP contribution in [0.25, 0.3) is 10.9 Å². The van der Waals surface area contributed by atoms with E-state index in [1.807, 2.05) is 43.3 Å². The van der Waals surface area contributed by atoms with E-state index in [0.29, 0.717) is 5.82 Å². The van der Waals surface area contributed by atoms with Crippen LogP contribution in [0, 0.1) is 0 Å². The van der Waals surface area contributed by atoms with E-state index in [1.54, 1.807) is 6.20 Å². The van der Waals surface area contributed by atoms with Gasteiger partial charge in [0.15, 0.2) is 0 Å². The molecule has 5 heteroatoms. The van der Waals surface area contributed by atoms with E-state index in [4.69, 9.17) is 11.6 Å². The lowest BCUT2D eigenvalue weighted by Gasteiger charge is -2.32. The average Bonchev–Trinajstić information content (AvgIpc) is 2.43. The zero-order valence-electron chi connectivity index (χ0n) is 10.4. The van der Waals surface area contributed by atoms with Crippen LogP contribution < -0.4 is 10.6 Å². The van der Waals surface area contributed by atoms with Gasteiger partial charge < -0.3 is 10.6 Å². The minimum atomic E-state index is -0.855. The SMILES string of the molecule is CC1=CC=CNC1(Cl)Nc1ncnc2ccccc12. The number of benzene rings is 1. The first-order valence-corrected chi connectivity index (χ1v) is 6.35. The lowest BCUT2D eigenvalue weighted by molar-refractivity contribution is 0.658. The van der Waals surface area contributed by atoms with Crippen LogP contribution >= 0.6 is 11.6 Å². The fourth-order valence-corrected chi connectivity index (χ4v) is 2.20. The highest BCUT2D eigenvalue weighted by atomic mass is 35.5. The van der Waals surface area contributed by atoms with Crippen LogP contribution in [0.5, 0.6) is 0 Å². The van der Waals surface area contributed by atoms with Crippen molar-refractivity contribution >= 4 is 28.3 Å². The molecule has 0 aliphatic carbocycles. The summed E-state index contributed by atoms with van der Waals surface area (Å²) in [7, 11) is 0. The molecule has 0 saturated carbocycles. The van der Waals surface area contributed by atoms with E-state index in [1.165, 1.54) is 6.33 Å². The maximum atomic E-state index is 6.56. The first-order valence-electron chi connectivity index (χ1n) is 5.97. The maximum absolute atomic E-state index is 6.56. The molecule has 0 bridgehead atoms. The quantitative estimate of drug-likeness (QED) is 0.652. The number of hydrogen-bond donors (Lipinski definition) is 2. The van der Waals surface area contributed by atoms with E-state index in [0.717, 1.165) is 16.5 Å². The number of aromatic nitrogens is 2. The molecule has 0 radical (unpaired) electrons. The van der Waals surface area contributed by atoms with Crippen LogP contribution in [0.2, 0.25) is 0 Å². The summed E-state index contributed by atoms with van der Waals surface area (Å²) >= 11 is 6.56. The fraction of sp³-hybridized carbons (Fsp3) is 0.143. The van der Waals surface area contributed by atoms with Crippen molar-refractivity contribution in [1.29, 1.82) is 0 Å². The fourth-order valence-electron chi connectivity index (χ4n) is 1.99. The van der Waals surface area contributed by atoms with Gasteiger partial charge >= 0.3 is 0 Å². The van der Waals surface area contributed by atoms with Gasteiger partial charge in [0.2, 0.25) is 5.12 Å². The van der Waals surface area contributed by atoms with Crippen molar-refractivity contribution < 1.29 is 0 Å². The number of rotatable bonds is 2. The van der Waals surface area contributed by atoms with Crippen LogP contribution in [-0.4, -0.2) is 15.1 Å². The minimum absolute atomic E-state index is 0.705. The second-order valence-corrected chi connectivity index (χ2v) is 4.94. The topological polar surface area (TPSA) is 49.8 Å². The van der Waals surface area contributed by atoms with Gasteiger partial charge in [0, 0.05) is 5.39 Å². The molecule has 1 unspecified atom stereocenters. The van der Waals surface area contributed by atoms with Crippen molar-refractivity contribution in [3.8, 4) is 0 Å². The third-order valence-corrected chi connectivity index (χ3v) is 3.60. The van der Waals surface area contributed by atoms with Gasteiger partial charge in [0.1, 0.15) is 12.1 Å². The number of halogens is 1. The highest BCUT2D eigenvalue weighted by Crippen LogP contribution is 2.28. The normalized spacial score (nSPS) is 21.9. The third kappa shape index (κ3) is 2.15. The number of hydrogen-bond acceptors (Lipinski definition) is 4. The Bertz CT molecular complexity index is 675. The summed E-state index contributed by atoms with van der Waals surface area (Å²) in [5.41, 5.74) is 1.85. The number of fused-ring (bicyclic) bond motifs is 1. The molecule has 1 aliphatic heterocycles. The zero-order valence-corrected chi connectivity index (χ0v) is 11.1. The molecule has 0 fully saturated rings. The summed E-state index contributed by atoms with van der Waals surface area (Å²) in [6, 6.07) is 7.81. The summed E-state index contributed by atoms with van der Waals surface area (Å²) in [6.45, 7) is 1.96. The second kappa shape index (κ2) is 4.55. The van der Waals surface area contributed by atoms with Gasteiger partial charge in [-0.1, -0.05) is 29.8 Å².